The summed E-state index contributed by atoms with van der Waals surface area (Å²) in [6, 6.07) is 14.0. The highest BCUT2D eigenvalue weighted by Crippen LogP contribution is 2.31. The summed E-state index contributed by atoms with van der Waals surface area (Å²) in [5, 5.41) is 0. The summed E-state index contributed by atoms with van der Waals surface area (Å²) >= 11 is 0. The fraction of sp³-hybridized carbons (Fsp3) is 0.429. The highest BCUT2D eigenvalue weighted by molar-refractivity contribution is 7.89. The molecule has 2 aromatic carbocycles. The van der Waals surface area contributed by atoms with Gasteiger partial charge in [0.05, 0.1) is 12.0 Å². The van der Waals surface area contributed by atoms with Crippen molar-refractivity contribution >= 4 is 10.0 Å². The maximum atomic E-state index is 13.2. The normalized spacial score (nSPS) is 16.6. The molecule has 1 fully saturated rings. The molecule has 0 bridgehead atoms. The van der Waals surface area contributed by atoms with Gasteiger partial charge in [0.15, 0.2) is 0 Å². The summed E-state index contributed by atoms with van der Waals surface area (Å²) < 4.78 is 33.3. The minimum Gasteiger partial charge on any atom is -0.497 e. The van der Waals surface area contributed by atoms with Crippen molar-refractivity contribution in [2.75, 3.05) is 20.2 Å². The zero-order valence-corrected chi connectivity index (χ0v) is 16.6. The van der Waals surface area contributed by atoms with Crippen LogP contribution in [0.5, 0.6) is 5.75 Å². The molecule has 0 amide bonds. The van der Waals surface area contributed by atoms with E-state index in [0.29, 0.717) is 29.7 Å². The Kier molecular flexibility index (Phi) is 5.68. The zero-order valence-electron chi connectivity index (χ0n) is 15.7. The SMILES string of the molecule is COc1cc(C)c(S(=O)(=O)N2CCC(Cc3ccccc3)CC2)c(C)c1. The van der Waals surface area contributed by atoms with Gasteiger partial charge in [-0.1, -0.05) is 30.3 Å². The number of methoxy groups -OCH3 is 1. The zero-order chi connectivity index (χ0) is 18.7. The maximum absolute atomic E-state index is 13.2. The van der Waals surface area contributed by atoms with E-state index in [0.717, 1.165) is 30.4 Å². The molecule has 0 saturated carbocycles. The first-order valence-corrected chi connectivity index (χ1v) is 10.5. The Balaban J connectivity index is 1.72. The van der Waals surface area contributed by atoms with Crippen LogP contribution in [-0.2, 0) is 16.4 Å². The Morgan fingerprint density at radius 3 is 2.15 bits per heavy atom. The molecule has 0 atom stereocenters. The molecule has 26 heavy (non-hydrogen) atoms. The van der Waals surface area contributed by atoms with Crippen molar-refractivity contribution in [3.05, 3.63) is 59.2 Å². The summed E-state index contributed by atoms with van der Waals surface area (Å²) in [7, 11) is -1.87. The van der Waals surface area contributed by atoms with E-state index in [9.17, 15) is 8.42 Å². The summed E-state index contributed by atoms with van der Waals surface area (Å²) in [5.74, 6) is 1.24. The van der Waals surface area contributed by atoms with Crippen molar-refractivity contribution in [3.63, 3.8) is 0 Å². The monoisotopic (exact) mass is 373 g/mol. The van der Waals surface area contributed by atoms with Gasteiger partial charge in [0, 0.05) is 13.1 Å². The fourth-order valence-corrected chi connectivity index (χ4v) is 5.75. The van der Waals surface area contributed by atoms with Crippen LogP contribution in [0.2, 0.25) is 0 Å². The first kappa shape index (κ1) is 18.9. The summed E-state index contributed by atoms with van der Waals surface area (Å²) in [6.45, 7) is 4.85. The van der Waals surface area contributed by atoms with Crippen molar-refractivity contribution in [2.45, 2.75) is 38.0 Å². The smallest absolute Gasteiger partial charge is 0.243 e. The average Bonchev–Trinajstić information content (AvgIpc) is 2.62. The predicted molar refractivity (Wildman–Crippen MR) is 104 cm³/mol. The largest absolute Gasteiger partial charge is 0.497 e. The van der Waals surface area contributed by atoms with Crippen molar-refractivity contribution in [1.29, 1.82) is 0 Å². The molecule has 0 N–H and O–H groups in total. The van der Waals surface area contributed by atoms with E-state index in [1.165, 1.54) is 5.56 Å². The van der Waals surface area contributed by atoms with E-state index in [2.05, 4.69) is 24.3 Å². The maximum Gasteiger partial charge on any atom is 0.243 e. The molecule has 0 radical (unpaired) electrons. The van der Waals surface area contributed by atoms with Gasteiger partial charge in [0.25, 0.3) is 0 Å². The number of nitrogens with zero attached hydrogens (tertiary/aromatic N) is 1. The molecule has 2 aromatic rings. The molecule has 3 rings (SSSR count). The predicted octanol–water partition coefficient (Wildman–Crippen LogP) is 3.96. The molecule has 0 aromatic heterocycles. The number of ether oxygens (including phenoxy) is 1. The van der Waals surface area contributed by atoms with Crippen LogP contribution in [0, 0.1) is 19.8 Å². The Morgan fingerprint density at radius 1 is 1.04 bits per heavy atom. The fourth-order valence-electron chi connectivity index (χ4n) is 3.87. The summed E-state index contributed by atoms with van der Waals surface area (Å²) in [4.78, 5) is 0.430. The molecular weight excluding hydrogens is 346 g/mol. The van der Waals surface area contributed by atoms with Crippen LogP contribution < -0.4 is 4.74 Å². The van der Waals surface area contributed by atoms with Crippen LogP contribution >= 0.6 is 0 Å². The second-order valence-corrected chi connectivity index (χ2v) is 9.00. The van der Waals surface area contributed by atoms with Gasteiger partial charge in [-0.25, -0.2) is 8.42 Å². The van der Waals surface area contributed by atoms with Crippen molar-refractivity contribution in [2.24, 2.45) is 5.92 Å². The molecule has 1 aliphatic rings. The van der Waals surface area contributed by atoms with Crippen LogP contribution in [0.1, 0.15) is 29.5 Å². The van der Waals surface area contributed by atoms with E-state index in [1.807, 2.05) is 19.9 Å². The summed E-state index contributed by atoms with van der Waals surface area (Å²) in [5.41, 5.74) is 2.82. The number of rotatable bonds is 5. The average molecular weight is 374 g/mol. The lowest BCUT2D eigenvalue weighted by Gasteiger charge is -2.32. The van der Waals surface area contributed by atoms with E-state index in [4.69, 9.17) is 4.74 Å². The van der Waals surface area contributed by atoms with Crippen LogP contribution in [0.15, 0.2) is 47.4 Å². The Morgan fingerprint density at radius 2 is 1.62 bits per heavy atom. The second-order valence-electron chi connectivity index (χ2n) is 7.13. The van der Waals surface area contributed by atoms with Crippen LogP contribution in [-0.4, -0.2) is 32.9 Å². The van der Waals surface area contributed by atoms with E-state index in [-0.39, 0.29) is 0 Å². The number of hydrogen-bond donors (Lipinski definition) is 0. The Hall–Kier alpha value is -1.85. The molecule has 0 spiro atoms. The number of hydrogen-bond acceptors (Lipinski definition) is 3. The molecule has 0 unspecified atom stereocenters. The molecular formula is C21H27NO3S. The first-order valence-electron chi connectivity index (χ1n) is 9.11. The lowest BCUT2D eigenvalue weighted by atomic mass is 9.91. The third kappa shape index (κ3) is 3.94. The minimum absolute atomic E-state index is 0.430. The van der Waals surface area contributed by atoms with Gasteiger partial charge in [-0.3, -0.25) is 0 Å². The molecule has 4 nitrogen and oxygen atoms in total. The molecule has 5 heteroatoms. The second kappa shape index (κ2) is 7.80. The first-order chi connectivity index (χ1) is 12.4. The van der Waals surface area contributed by atoms with Gasteiger partial charge in [-0.2, -0.15) is 4.31 Å². The topological polar surface area (TPSA) is 46.6 Å². The van der Waals surface area contributed by atoms with Crippen LogP contribution in [0.3, 0.4) is 0 Å². The van der Waals surface area contributed by atoms with Gasteiger partial charge in [0.2, 0.25) is 10.0 Å². The van der Waals surface area contributed by atoms with Crippen molar-refractivity contribution in [1.82, 2.24) is 4.31 Å². The van der Waals surface area contributed by atoms with Crippen molar-refractivity contribution < 1.29 is 13.2 Å². The lowest BCUT2D eigenvalue weighted by Crippen LogP contribution is -2.39. The Bertz CT molecular complexity index is 831. The number of benzene rings is 2. The number of aryl methyl sites for hydroxylation is 2. The van der Waals surface area contributed by atoms with E-state index >= 15 is 0 Å². The van der Waals surface area contributed by atoms with Gasteiger partial charge in [-0.05, 0) is 67.9 Å². The lowest BCUT2D eigenvalue weighted by molar-refractivity contribution is 0.272. The minimum atomic E-state index is -3.47. The summed E-state index contributed by atoms with van der Waals surface area (Å²) in [6.07, 6.45) is 2.83. The Labute approximate surface area is 156 Å². The van der Waals surface area contributed by atoms with Crippen molar-refractivity contribution in [3.8, 4) is 5.75 Å². The highest BCUT2D eigenvalue weighted by Gasteiger charge is 2.31. The molecule has 1 aliphatic heterocycles. The van der Waals surface area contributed by atoms with Crippen LogP contribution in [0.4, 0.5) is 0 Å². The third-order valence-corrected chi connectivity index (χ3v) is 7.41. The number of piperidine rings is 1. The quantitative estimate of drug-likeness (QED) is 0.797. The van der Waals surface area contributed by atoms with Crippen LogP contribution in [0.25, 0.3) is 0 Å². The van der Waals surface area contributed by atoms with Gasteiger partial charge in [0.1, 0.15) is 5.75 Å². The highest BCUT2D eigenvalue weighted by atomic mass is 32.2. The third-order valence-electron chi connectivity index (χ3n) is 5.21. The van der Waals surface area contributed by atoms with Gasteiger partial charge < -0.3 is 4.74 Å². The molecule has 0 aliphatic carbocycles. The van der Waals surface area contributed by atoms with Gasteiger partial charge in [-0.15, -0.1) is 0 Å². The molecule has 1 saturated heterocycles. The molecule has 1 heterocycles. The van der Waals surface area contributed by atoms with E-state index < -0.39 is 10.0 Å². The van der Waals surface area contributed by atoms with E-state index in [1.54, 1.807) is 23.5 Å². The molecule has 140 valence electrons. The number of sulfonamides is 1. The standard InChI is InChI=1S/C21H27NO3S/c1-16-13-20(25-3)14-17(2)21(16)26(23,24)22-11-9-19(10-12-22)15-18-7-5-4-6-8-18/h4-8,13-14,19H,9-12,15H2,1-3H3. The van der Waals surface area contributed by atoms with Gasteiger partial charge >= 0.3 is 0 Å².